The van der Waals surface area contributed by atoms with Crippen molar-refractivity contribution in [2.75, 3.05) is 0 Å². The molecule has 102 valence electrons. The van der Waals surface area contributed by atoms with Crippen molar-refractivity contribution < 1.29 is 4.42 Å². The first-order valence-electron chi connectivity index (χ1n) is 7.01. The summed E-state index contributed by atoms with van der Waals surface area (Å²) >= 11 is 3.84. The lowest BCUT2D eigenvalue weighted by atomic mass is 9.92. The molecule has 0 bridgehead atoms. The molecule has 0 radical (unpaired) electrons. The summed E-state index contributed by atoms with van der Waals surface area (Å²) < 4.78 is 5.14. The van der Waals surface area contributed by atoms with Crippen LogP contribution in [0.2, 0.25) is 0 Å². The average Bonchev–Trinajstić information content (AvgIpc) is 2.63. The molecule has 1 fully saturated rings. The molecule has 1 unspecified atom stereocenters. The van der Waals surface area contributed by atoms with Crippen LogP contribution in [0.3, 0.4) is 0 Å². The standard InChI is InChI=1S/C15H18BrNO2/c16-14(10-5-3-1-2-4-6-10)11-7-8-12-13(9-11)19-15(18)17-12/h7-10,14H,1-6H2,(H,17,18). The molecule has 4 heteroatoms. The van der Waals surface area contributed by atoms with Crippen molar-refractivity contribution in [3.63, 3.8) is 0 Å². The zero-order valence-electron chi connectivity index (χ0n) is 10.8. The minimum absolute atomic E-state index is 0.357. The number of halogens is 1. The highest BCUT2D eigenvalue weighted by Crippen LogP contribution is 2.39. The SMILES string of the molecule is O=c1[nH]c2ccc(C(Br)C3CCCCCC3)cc2o1. The summed E-state index contributed by atoms with van der Waals surface area (Å²) in [5.41, 5.74) is 2.64. The number of benzene rings is 1. The van der Waals surface area contributed by atoms with Crippen LogP contribution in [-0.2, 0) is 0 Å². The predicted octanol–water partition coefficient (Wildman–Crippen LogP) is 4.53. The van der Waals surface area contributed by atoms with E-state index in [-0.39, 0.29) is 5.76 Å². The van der Waals surface area contributed by atoms with Gasteiger partial charge in [0.15, 0.2) is 5.58 Å². The Labute approximate surface area is 120 Å². The molecule has 3 nitrogen and oxygen atoms in total. The van der Waals surface area contributed by atoms with Crippen LogP contribution in [0.5, 0.6) is 0 Å². The fraction of sp³-hybridized carbons (Fsp3) is 0.533. The highest BCUT2D eigenvalue weighted by molar-refractivity contribution is 9.09. The van der Waals surface area contributed by atoms with Crippen LogP contribution in [-0.4, -0.2) is 4.98 Å². The summed E-state index contributed by atoms with van der Waals surface area (Å²) in [7, 11) is 0. The van der Waals surface area contributed by atoms with Gasteiger partial charge in [-0.15, -0.1) is 0 Å². The average molecular weight is 324 g/mol. The summed E-state index contributed by atoms with van der Waals surface area (Å²) in [6, 6.07) is 6.00. The van der Waals surface area contributed by atoms with Crippen molar-refractivity contribution in [3.05, 3.63) is 34.3 Å². The van der Waals surface area contributed by atoms with Crippen molar-refractivity contribution >= 4 is 27.0 Å². The maximum atomic E-state index is 11.2. The van der Waals surface area contributed by atoms with Crippen molar-refractivity contribution in [3.8, 4) is 0 Å². The maximum absolute atomic E-state index is 11.2. The number of alkyl halides is 1. The fourth-order valence-corrected chi connectivity index (χ4v) is 3.82. The van der Waals surface area contributed by atoms with Gasteiger partial charge in [0.05, 0.1) is 5.52 Å². The summed E-state index contributed by atoms with van der Waals surface area (Å²) in [6.45, 7) is 0. The molecule has 1 aliphatic rings. The van der Waals surface area contributed by atoms with Crippen molar-refractivity contribution in [2.24, 2.45) is 5.92 Å². The fourth-order valence-electron chi connectivity index (χ4n) is 3.01. The number of aromatic nitrogens is 1. The Balaban J connectivity index is 1.87. The highest BCUT2D eigenvalue weighted by atomic mass is 79.9. The molecule has 1 aromatic carbocycles. The molecule has 19 heavy (non-hydrogen) atoms. The summed E-state index contributed by atoms with van der Waals surface area (Å²) in [4.78, 5) is 14.2. The molecule has 0 amide bonds. The molecular weight excluding hydrogens is 306 g/mol. The second-order valence-corrected chi connectivity index (χ2v) is 6.41. The Hall–Kier alpha value is -1.03. The number of aromatic amines is 1. The predicted molar refractivity (Wildman–Crippen MR) is 79.7 cm³/mol. The zero-order valence-corrected chi connectivity index (χ0v) is 12.4. The van der Waals surface area contributed by atoms with E-state index in [0.29, 0.717) is 16.3 Å². The van der Waals surface area contributed by atoms with E-state index in [1.165, 1.54) is 44.1 Å². The lowest BCUT2D eigenvalue weighted by Gasteiger charge is -2.21. The minimum Gasteiger partial charge on any atom is -0.408 e. The number of nitrogens with one attached hydrogen (secondary N) is 1. The molecule has 1 aliphatic carbocycles. The minimum atomic E-state index is -0.382. The molecule has 1 saturated carbocycles. The van der Waals surface area contributed by atoms with Gasteiger partial charge in [0.2, 0.25) is 0 Å². The second-order valence-electron chi connectivity index (χ2n) is 5.42. The summed E-state index contributed by atoms with van der Waals surface area (Å²) in [5, 5.41) is 0. The normalized spacial score (nSPS) is 19.4. The van der Waals surface area contributed by atoms with E-state index in [9.17, 15) is 4.79 Å². The van der Waals surface area contributed by atoms with E-state index in [1.807, 2.05) is 12.1 Å². The van der Waals surface area contributed by atoms with Crippen LogP contribution in [0.15, 0.2) is 27.4 Å². The third kappa shape index (κ3) is 2.78. The summed E-state index contributed by atoms with van der Waals surface area (Å²) in [5.74, 6) is 0.304. The molecule has 2 aromatic rings. The molecule has 3 rings (SSSR count). The third-order valence-corrected chi connectivity index (χ3v) is 5.35. The first-order chi connectivity index (χ1) is 9.24. The number of fused-ring (bicyclic) bond motifs is 1. The van der Waals surface area contributed by atoms with Gasteiger partial charge in [-0.2, -0.15) is 0 Å². The van der Waals surface area contributed by atoms with Gasteiger partial charge >= 0.3 is 5.76 Å². The lowest BCUT2D eigenvalue weighted by molar-refractivity contribution is 0.454. The largest absolute Gasteiger partial charge is 0.417 e. The van der Waals surface area contributed by atoms with Crippen molar-refractivity contribution in [1.82, 2.24) is 4.98 Å². The summed E-state index contributed by atoms with van der Waals surface area (Å²) in [6.07, 6.45) is 7.95. The molecule has 0 aliphatic heterocycles. The van der Waals surface area contributed by atoms with Crippen LogP contribution in [0, 0.1) is 5.92 Å². The van der Waals surface area contributed by atoms with Gasteiger partial charge in [-0.05, 0) is 36.5 Å². The zero-order chi connectivity index (χ0) is 13.2. The van der Waals surface area contributed by atoms with Crippen molar-refractivity contribution in [1.29, 1.82) is 0 Å². The van der Waals surface area contributed by atoms with Crippen LogP contribution in [0.25, 0.3) is 11.1 Å². The quantitative estimate of drug-likeness (QED) is 0.652. The molecular formula is C15H18BrNO2. The highest BCUT2D eigenvalue weighted by Gasteiger charge is 2.22. The Bertz CT molecular complexity index is 608. The second kappa shape index (κ2) is 5.53. The van der Waals surface area contributed by atoms with Gasteiger partial charge in [0, 0.05) is 4.83 Å². The number of oxazole rings is 1. The van der Waals surface area contributed by atoms with Crippen molar-refractivity contribution in [2.45, 2.75) is 43.4 Å². The van der Waals surface area contributed by atoms with E-state index in [0.717, 1.165) is 5.52 Å². The van der Waals surface area contributed by atoms with Crippen LogP contribution >= 0.6 is 15.9 Å². The van der Waals surface area contributed by atoms with Crippen LogP contribution in [0.4, 0.5) is 0 Å². The maximum Gasteiger partial charge on any atom is 0.417 e. The Morgan fingerprint density at radius 1 is 1.21 bits per heavy atom. The van der Waals surface area contributed by atoms with Gasteiger partial charge in [0.1, 0.15) is 0 Å². The smallest absolute Gasteiger partial charge is 0.408 e. The third-order valence-electron chi connectivity index (χ3n) is 4.08. The Morgan fingerprint density at radius 3 is 2.68 bits per heavy atom. The van der Waals surface area contributed by atoms with Gasteiger partial charge in [-0.25, -0.2) is 4.79 Å². The van der Waals surface area contributed by atoms with Gasteiger partial charge in [-0.3, -0.25) is 4.98 Å². The lowest BCUT2D eigenvalue weighted by Crippen LogP contribution is -2.06. The molecule has 1 atom stereocenters. The number of hydrogen-bond acceptors (Lipinski definition) is 2. The van der Waals surface area contributed by atoms with Gasteiger partial charge in [-0.1, -0.05) is 47.7 Å². The topological polar surface area (TPSA) is 46.0 Å². The first kappa shape index (κ1) is 13.0. The molecule has 1 N–H and O–H groups in total. The Kier molecular flexibility index (Phi) is 3.78. The van der Waals surface area contributed by atoms with Crippen LogP contribution in [0.1, 0.15) is 48.9 Å². The molecule has 0 spiro atoms. The molecule has 1 heterocycles. The van der Waals surface area contributed by atoms with Crippen LogP contribution < -0.4 is 5.76 Å². The number of rotatable bonds is 2. The number of H-pyrrole nitrogens is 1. The molecule has 1 aromatic heterocycles. The first-order valence-corrected chi connectivity index (χ1v) is 7.92. The van der Waals surface area contributed by atoms with Gasteiger partial charge < -0.3 is 4.42 Å². The number of hydrogen-bond donors (Lipinski definition) is 1. The monoisotopic (exact) mass is 323 g/mol. The van der Waals surface area contributed by atoms with E-state index >= 15 is 0 Å². The Morgan fingerprint density at radius 2 is 1.95 bits per heavy atom. The van der Waals surface area contributed by atoms with E-state index in [1.54, 1.807) is 0 Å². The van der Waals surface area contributed by atoms with Gasteiger partial charge in [0.25, 0.3) is 0 Å². The van der Waals surface area contributed by atoms with E-state index < -0.39 is 0 Å². The van der Waals surface area contributed by atoms with E-state index in [4.69, 9.17) is 4.42 Å². The molecule has 0 saturated heterocycles. The van der Waals surface area contributed by atoms with E-state index in [2.05, 4.69) is 27.0 Å².